The Morgan fingerprint density at radius 2 is 1.49 bits per heavy atom. The lowest BCUT2D eigenvalue weighted by Crippen LogP contribution is -2.40. The number of hydrogen-bond acceptors (Lipinski definition) is 5. The number of hydrogen-bond donors (Lipinski definition) is 0. The van der Waals surface area contributed by atoms with E-state index in [2.05, 4.69) is 54.7 Å². The largest absolute Gasteiger partial charge is 0.357 e. The number of anilines is 1. The molecule has 2 aromatic heterocycles. The van der Waals surface area contributed by atoms with Crippen LogP contribution in [-0.4, -0.2) is 76.9 Å². The summed E-state index contributed by atoms with van der Waals surface area (Å²) < 4.78 is 2.02. The van der Waals surface area contributed by atoms with Crippen LogP contribution in [0.5, 0.6) is 0 Å². The van der Waals surface area contributed by atoms with Crippen LogP contribution in [0, 0.1) is 17.3 Å². The van der Waals surface area contributed by atoms with E-state index in [1.807, 2.05) is 4.68 Å². The van der Waals surface area contributed by atoms with Crippen LogP contribution in [0.4, 0.5) is 5.82 Å². The summed E-state index contributed by atoms with van der Waals surface area (Å²) in [4.78, 5) is 12.9. The number of pyridine rings is 1. The van der Waals surface area contributed by atoms with Gasteiger partial charge in [0.25, 0.3) is 0 Å². The molecule has 0 bridgehead atoms. The molecule has 37 heavy (non-hydrogen) atoms. The van der Waals surface area contributed by atoms with E-state index in [9.17, 15) is 0 Å². The van der Waals surface area contributed by atoms with Crippen molar-refractivity contribution >= 4 is 16.9 Å². The molecule has 5 rings (SSSR count). The van der Waals surface area contributed by atoms with Crippen molar-refractivity contribution in [3.8, 4) is 0 Å². The average molecular weight is 509 g/mol. The number of nitrogens with zero attached hydrogens (tertiary/aromatic N) is 6. The van der Waals surface area contributed by atoms with Crippen LogP contribution in [0.1, 0.15) is 84.3 Å². The van der Waals surface area contributed by atoms with Crippen molar-refractivity contribution in [2.45, 2.75) is 85.0 Å². The molecule has 0 N–H and O–H groups in total. The average Bonchev–Trinajstić information content (AvgIpc) is 3.40. The molecule has 0 radical (unpaired) electrons. The molecule has 206 valence electrons. The molecule has 0 aliphatic carbocycles. The number of fused-ring (bicyclic) bond motifs is 1. The van der Waals surface area contributed by atoms with E-state index in [4.69, 9.17) is 10.1 Å². The molecule has 0 saturated carbocycles. The van der Waals surface area contributed by atoms with Gasteiger partial charge < -0.3 is 14.7 Å². The highest BCUT2D eigenvalue weighted by atomic mass is 15.3. The Morgan fingerprint density at radius 1 is 0.865 bits per heavy atom. The van der Waals surface area contributed by atoms with E-state index in [0.717, 1.165) is 42.8 Å². The minimum atomic E-state index is 0.233. The molecule has 1 unspecified atom stereocenters. The second-order valence-electron chi connectivity index (χ2n) is 13.3. The van der Waals surface area contributed by atoms with E-state index in [1.54, 1.807) is 0 Å². The number of aryl methyl sites for hydroxylation is 1. The lowest BCUT2D eigenvalue weighted by atomic mass is 9.73. The van der Waals surface area contributed by atoms with Crippen molar-refractivity contribution < 1.29 is 0 Å². The molecular weight excluding hydrogens is 456 g/mol. The Kier molecular flexibility index (Phi) is 8.75. The molecule has 3 aliphatic rings. The summed E-state index contributed by atoms with van der Waals surface area (Å²) in [5, 5.41) is 6.23. The summed E-state index contributed by atoms with van der Waals surface area (Å²) in [6, 6.07) is 4.54. The molecule has 5 heterocycles. The van der Waals surface area contributed by atoms with Crippen LogP contribution in [0.25, 0.3) is 11.0 Å². The summed E-state index contributed by atoms with van der Waals surface area (Å²) >= 11 is 0. The van der Waals surface area contributed by atoms with Crippen LogP contribution in [0.15, 0.2) is 12.1 Å². The molecule has 2 aromatic rings. The highest BCUT2D eigenvalue weighted by Gasteiger charge is 2.30. The van der Waals surface area contributed by atoms with Gasteiger partial charge in [0.2, 0.25) is 0 Å². The zero-order chi connectivity index (χ0) is 25.8. The van der Waals surface area contributed by atoms with Crippen molar-refractivity contribution in [3.63, 3.8) is 0 Å². The Labute approximate surface area is 225 Å². The zero-order valence-corrected chi connectivity index (χ0v) is 24.2. The van der Waals surface area contributed by atoms with Gasteiger partial charge >= 0.3 is 0 Å². The molecule has 3 saturated heterocycles. The van der Waals surface area contributed by atoms with E-state index in [1.165, 1.54) is 108 Å². The van der Waals surface area contributed by atoms with Gasteiger partial charge in [0.05, 0.1) is 5.69 Å². The summed E-state index contributed by atoms with van der Waals surface area (Å²) in [6.45, 7) is 17.5. The van der Waals surface area contributed by atoms with Gasteiger partial charge in [-0.25, -0.2) is 4.98 Å². The first-order valence-corrected chi connectivity index (χ1v) is 15.4. The van der Waals surface area contributed by atoms with Gasteiger partial charge in [-0.3, -0.25) is 4.68 Å². The molecule has 3 aliphatic heterocycles. The molecule has 0 aromatic carbocycles. The Bertz CT molecular complexity index is 991. The van der Waals surface area contributed by atoms with Crippen molar-refractivity contribution in [1.29, 1.82) is 0 Å². The van der Waals surface area contributed by atoms with Crippen LogP contribution >= 0.6 is 0 Å². The van der Waals surface area contributed by atoms with Gasteiger partial charge in [0, 0.05) is 38.6 Å². The maximum atomic E-state index is 5.09. The topological polar surface area (TPSA) is 40.4 Å². The highest BCUT2D eigenvalue weighted by Crippen LogP contribution is 2.37. The van der Waals surface area contributed by atoms with Crippen LogP contribution in [-0.2, 0) is 13.5 Å². The smallest absolute Gasteiger partial charge is 0.160 e. The van der Waals surface area contributed by atoms with Crippen LogP contribution < -0.4 is 4.90 Å². The van der Waals surface area contributed by atoms with Crippen molar-refractivity contribution in [2.75, 3.05) is 57.3 Å². The van der Waals surface area contributed by atoms with Gasteiger partial charge in [-0.2, -0.15) is 5.10 Å². The molecule has 3 fully saturated rings. The molecule has 0 spiro atoms. The quantitative estimate of drug-likeness (QED) is 0.431. The second-order valence-corrected chi connectivity index (χ2v) is 13.3. The van der Waals surface area contributed by atoms with Gasteiger partial charge in [-0.05, 0) is 107 Å². The first-order chi connectivity index (χ1) is 17.9. The summed E-state index contributed by atoms with van der Waals surface area (Å²) in [5.41, 5.74) is 2.50. The fourth-order valence-electron chi connectivity index (χ4n) is 7.40. The number of aromatic nitrogens is 3. The minimum absolute atomic E-state index is 0.233. The van der Waals surface area contributed by atoms with E-state index in [-0.39, 0.29) is 5.41 Å². The third-order valence-corrected chi connectivity index (χ3v) is 9.57. The second kappa shape index (κ2) is 12.0. The molecular formula is C31H52N6. The first kappa shape index (κ1) is 26.9. The van der Waals surface area contributed by atoms with Gasteiger partial charge in [-0.15, -0.1) is 0 Å². The molecule has 1 atom stereocenters. The maximum absolute atomic E-state index is 5.09. The third-order valence-electron chi connectivity index (χ3n) is 9.57. The van der Waals surface area contributed by atoms with E-state index >= 15 is 0 Å². The Hall–Kier alpha value is -1.66. The Morgan fingerprint density at radius 3 is 2.16 bits per heavy atom. The highest BCUT2D eigenvalue weighted by molar-refractivity contribution is 5.80. The zero-order valence-electron chi connectivity index (χ0n) is 24.2. The first-order valence-electron chi connectivity index (χ1n) is 15.4. The maximum Gasteiger partial charge on any atom is 0.160 e. The fraction of sp³-hybridized carbons (Fsp3) is 0.806. The Balaban J connectivity index is 1.15. The van der Waals surface area contributed by atoms with E-state index in [0.29, 0.717) is 0 Å². The summed E-state index contributed by atoms with van der Waals surface area (Å²) in [6.07, 6.45) is 13.1. The number of rotatable bonds is 9. The molecule has 6 heteroatoms. The normalized spacial score (nSPS) is 22.1. The van der Waals surface area contributed by atoms with Crippen molar-refractivity contribution in [3.05, 3.63) is 17.8 Å². The monoisotopic (exact) mass is 508 g/mol. The third kappa shape index (κ3) is 6.86. The van der Waals surface area contributed by atoms with Gasteiger partial charge in [-0.1, -0.05) is 33.6 Å². The fourth-order valence-corrected chi connectivity index (χ4v) is 7.40. The SMILES string of the molecule is CC(CC(C)(C)Cc1nn(C)c2nc(N3CCCCCC3)ccc12)C1CCN(CCN2CCCC2)CC1. The predicted octanol–water partition coefficient (Wildman–Crippen LogP) is 5.75. The van der Waals surface area contributed by atoms with E-state index < -0.39 is 0 Å². The molecule has 6 nitrogen and oxygen atoms in total. The standard InChI is InChI=1S/C31H52N6/c1-25(26-13-19-36(20-14-26)22-21-35-15-9-10-16-35)23-31(2,3)24-28-27-11-12-29(32-30(27)34(4)33-28)37-17-7-5-6-8-18-37/h11-12,25-26H,5-10,13-24H2,1-4H3. The van der Waals surface area contributed by atoms with Crippen LogP contribution in [0.2, 0.25) is 0 Å². The van der Waals surface area contributed by atoms with Crippen molar-refractivity contribution in [2.24, 2.45) is 24.3 Å². The van der Waals surface area contributed by atoms with Crippen molar-refractivity contribution in [1.82, 2.24) is 24.6 Å². The minimum Gasteiger partial charge on any atom is -0.357 e. The van der Waals surface area contributed by atoms with Crippen LogP contribution in [0.3, 0.4) is 0 Å². The lowest BCUT2D eigenvalue weighted by molar-refractivity contribution is 0.118. The van der Waals surface area contributed by atoms with Gasteiger partial charge in [0.1, 0.15) is 5.82 Å². The summed E-state index contributed by atoms with van der Waals surface area (Å²) in [7, 11) is 2.07. The summed E-state index contributed by atoms with van der Waals surface area (Å²) in [5.74, 6) is 2.75. The lowest BCUT2D eigenvalue weighted by Gasteiger charge is -2.38. The number of piperidine rings is 1. The predicted molar refractivity (Wildman–Crippen MR) is 155 cm³/mol. The number of likely N-dealkylation sites (tertiary alicyclic amines) is 2. The molecule has 0 amide bonds. The van der Waals surface area contributed by atoms with Gasteiger partial charge in [0.15, 0.2) is 5.65 Å².